The maximum absolute atomic E-state index is 12.7. The molecule has 1 aliphatic carbocycles. The van der Waals surface area contributed by atoms with Gasteiger partial charge in [-0.15, -0.1) is 0 Å². The van der Waals surface area contributed by atoms with Crippen LogP contribution in [0, 0.1) is 0 Å². The average Bonchev–Trinajstić information content (AvgIpc) is 3.39. The number of rotatable bonds is 8. The van der Waals surface area contributed by atoms with E-state index >= 15 is 0 Å². The predicted molar refractivity (Wildman–Crippen MR) is 104 cm³/mol. The van der Waals surface area contributed by atoms with Crippen LogP contribution in [0.5, 0.6) is 0 Å². The summed E-state index contributed by atoms with van der Waals surface area (Å²) in [7, 11) is -3.75. The summed E-state index contributed by atoms with van der Waals surface area (Å²) in [6, 6.07) is 8.88. The van der Waals surface area contributed by atoms with E-state index in [9.17, 15) is 18.0 Å². The summed E-state index contributed by atoms with van der Waals surface area (Å²) in [5.41, 5.74) is -0.742. The van der Waals surface area contributed by atoms with Gasteiger partial charge in [0.25, 0.3) is 5.91 Å². The molecule has 0 bridgehead atoms. The Bertz CT molecular complexity index is 945. The molecule has 1 aliphatic rings. The number of benzene rings is 1. The van der Waals surface area contributed by atoms with Crippen LogP contribution in [0.25, 0.3) is 0 Å². The molecule has 0 saturated heterocycles. The molecule has 2 N–H and O–H groups in total. The molecule has 2 aromatic rings. The highest BCUT2D eigenvalue weighted by Gasteiger charge is 2.44. The lowest BCUT2D eigenvalue weighted by Crippen LogP contribution is -2.53. The third-order valence-corrected chi connectivity index (χ3v) is 6.34. The number of amides is 1. The zero-order valence-corrected chi connectivity index (χ0v) is 17.0. The molecule has 1 saturated carbocycles. The second kappa shape index (κ2) is 8.79. The SMILES string of the molecule is CCOC(=O)C1(NC(=O)c2ccc(S(=O)(=O)NCc3ccco3)cc2)CCCC1. The van der Waals surface area contributed by atoms with Crippen molar-refractivity contribution in [1.82, 2.24) is 10.0 Å². The van der Waals surface area contributed by atoms with Crippen molar-refractivity contribution >= 4 is 21.9 Å². The zero-order valence-electron chi connectivity index (χ0n) is 16.1. The maximum Gasteiger partial charge on any atom is 0.331 e. The van der Waals surface area contributed by atoms with E-state index in [2.05, 4.69) is 10.0 Å². The molecule has 29 heavy (non-hydrogen) atoms. The molecule has 9 heteroatoms. The van der Waals surface area contributed by atoms with Gasteiger partial charge in [-0.2, -0.15) is 0 Å². The minimum absolute atomic E-state index is 0.0274. The van der Waals surface area contributed by atoms with Crippen molar-refractivity contribution in [1.29, 1.82) is 0 Å². The molecule has 3 rings (SSSR count). The monoisotopic (exact) mass is 420 g/mol. The summed E-state index contributed by atoms with van der Waals surface area (Å²) >= 11 is 0. The maximum atomic E-state index is 12.7. The third kappa shape index (κ3) is 4.86. The Morgan fingerprint density at radius 2 is 1.83 bits per heavy atom. The Morgan fingerprint density at radius 1 is 1.14 bits per heavy atom. The van der Waals surface area contributed by atoms with Gasteiger partial charge in [0.05, 0.1) is 24.3 Å². The Morgan fingerprint density at radius 3 is 2.41 bits per heavy atom. The van der Waals surface area contributed by atoms with Crippen molar-refractivity contribution in [3.8, 4) is 0 Å². The van der Waals surface area contributed by atoms with Gasteiger partial charge in [-0.1, -0.05) is 12.8 Å². The average molecular weight is 420 g/mol. The number of carbonyl (C=O) groups is 2. The van der Waals surface area contributed by atoms with Gasteiger partial charge in [0.15, 0.2) is 0 Å². The minimum atomic E-state index is -3.75. The smallest absolute Gasteiger partial charge is 0.331 e. The first-order valence-electron chi connectivity index (χ1n) is 9.48. The van der Waals surface area contributed by atoms with Crippen LogP contribution in [0.4, 0.5) is 0 Å². The summed E-state index contributed by atoms with van der Waals surface area (Å²) in [6.07, 6.45) is 4.18. The van der Waals surface area contributed by atoms with E-state index in [1.54, 1.807) is 19.1 Å². The molecule has 1 amide bonds. The lowest BCUT2D eigenvalue weighted by molar-refractivity contribution is -0.150. The molecule has 156 valence electrons. The Hall–Kier alpha value is -2.65. The number of ether oxygens (including phenoxy) is 1. The summed E-state index contributed by atoms with van der Waals surface area (Å²) < 4.78 is 37.5. The quantitative estimate of drug-likeness (QED) is 0.634. The van der Waals surface area contributed by atoms with Crippen molar-refractivity contribution < 1.29 is 27.2 Å². The van der Waals surface area contributed by atoms with Gasteiger partial charge < -0.3 is 14.5 Å². The van der Waals surface area contributed by atoms with E-state index in [1.807, 2.05) is 0 Å². The van der Waals surface area contributed by atoms with Crippen molar-refractivity contribution in [2.75, 3.05) is 6.61 Å². The Kier molecular flexibility index (Phi) is 6.39. The molecule has 1 aromatic carbocycles. The van der Waals surface area contributed by atoms with Gasteiger partial charge in [0, 0.05) is 5.56 Å². The molecule has 1 heterocycles. The van der Waals surface area contributed by atoms with Crippen molar-refractivity contribution in [2.24, 2.45) is 0 Å². The van der Waals surface area contributed by atoms with Crippen molar-refractivity contribution in [3.63, 3.8) is 0 Å². The van der Waals surface area contributed by atoms with Crippen LogP contribution in [0.2, 0.25) is 0 Å². The van der Waals surface area contributed by atoms with Crippen LogP contribution in [-0.4, -0.2) is 32.4 Å². The van der Waals surface area contributed by atoms with E-state index in [1.165, 1.54) is 30.5 Å². The number of sulfonamides is 1. The molecule has 0 spiro atoms. The first-order valence-corrected chi connectivity index (χ1v) is 11.0. The summed E-state index contributed by atoms with van der Waals surface area (Å²) in [5, 5.41) is 2.80. The molecule has 1 aromatic heterocycles. The second-order valence-electron chi connectivity index (χ2n) is 6.89. The molecule has 8 nitrogen and oxygen atoms in total. The highest BCUT2D eigenvalue weighted by molar-refractivity contribution is 7.89. The second-order valence-corrected chi connectivity index (χ2v) is 8.66. The molecule has 0 aliphatic heterocycles. The summed E-state index contributed by atoms with van der Waals surface area (Å²) in [4.78, 5) is 25.0. The zero-order chi connectivity index (χ0) is 20.9. The Labute approximate surface area is 169 Å². The van der Waals surface area contributed by atoms with Gasteiger partial charge in [-0.05, 0) is 56.2 Å². The van der Waals surface area contributed by atoms with Gasteiger partial charge in [-0.25, -0.2) is 17.9 Å². The van der Waals surface area contributed by atoms with Crippen LogP contribution in [0.15, 0.2) is 52.0 Å². The van der Waals surface area contributed by atoms with E-state index in [-0.39, 0.29) is 23.6 Å². The van der Waals surface area contributed by atoms with Crippen LogP contribution in [-0.2, 0) is 26.1 Å². The molecule has 0 radical (unpaired) electrons. The van der Waals surface area contributed by atoms with Gasteiger partial charge in [0.1, 0.15) is 11.3 Å². The van der Waals surface area contributed by atoms with E-state index < -0.39 is 27.4 Å². The normalized spacial score (nSPS) is 15.8. The summed E-state index contributed by atoms with van der Waals surface area (Å²) in [6.45, 7) is 2.00. The van der Waals surface area contributed by atoms with Crippen LogP contribution in [0.1, 0.15) is 48.7 Å². The van der Waals surface area contributed by atoms with Crippen LogP contribution >= 0.6 is 0 Å². The topological polar surface area (TPSA) is 115 Å². The fourth-order valence-corrected chi connectivity index (χ4v) is 4.36. The first-order chi connectivity index (χ1) is 13.9. The van der Waals surface area contributed by atoms with Crippen LogP contribution < -0.4 is 10.0 Å². The number of carbonyl (C=O) groups excluding carboxylic acids is 2. The lowest BCUT2D eigenvalue weighted by Gasteiger charge is -2.27. The Balaban J connectivity index is 1.68. The first kappa shape index (κ1) is 21.1. The van der Waals surface area contributed by atoms with Gasteiger partial charge in [0.2, 0.25) is 10.0 Å². The fourth-order valence-electron chi connectivity index (χ4n) is 3.37. The minimum Gasteiger partial charge on any atom is -0.468 e. The van der Waals surface area contributed by atoms with Gasteiger partial charge in [-0.3, -0.25) is 4.79 Å². The number of hydrogen-bond acceptors (Lipinski definition) is 6. The molecule has 1 fully saturated rings. The number of nitrogens with one attached hydrogen (secondary N) is 2. The highest BCUT2D eigenvalue weighted by atomic mass is 32.2. The molecular weight excluding hydrogens is 396 g/mol. The number of furan rings is 1. The predicted octanol–water partition coefficient (Wildman–Crippen LogP) is 2.36. The van der Waals surface area contributed by atoms with E-state index in [0.29, 0.717) is 18.6 Å². The number of hydrogen-bond donors (Lipinski definition) is 2. The third-order valence-electron chi connectivity index (χ3n) is 4.92. The van der Waals surface area contributed by atoms with Crippen LogP contribution in [0.3, 0.4) is 0 Å². The molecule has 0 atom stereocenters. The lowest BCUT2D eigenvalue weighted by atomic mass is 9.97. The van der Waals surface area contributed by atoms with Crippen molar-refractivity contribution in [3.05, 3.63) is 54.0 Å². The standard InChI is InChI=1S/C20H24N2O6S/c1-2-27-19(24)20(11-3-4-12-20)22-18(23)15-7-9-17(10-8-15)29(25,26)21-14-16-6-5-13-28-16/h5-10,13,21H,2-4,11-12,14H2,1H3,(H,22,23). The van der Waals surface area contributed by atoms with E-state index in [0.717, 1.165) is 12.8 Å². The largest absolute Gasteiger partial charge is 0.468 e. The molecular formula is C20H24N2O6S. The van der Waals surface area contributed by atoms with Crippen molar-refractivity contribution in [2.45, 2.75) is 49.6 Å². The fraction of sp³-hybridized carbons (Fsp3) is 0.400. The molecule has 0 unspecified atom stereocenters. The summed E-state index contributed by atoms with van der Waals surface area (Å²) in [5.74, 6) is -0.370. The van der Waals surface area contributed by atoms with Gasteiger partial charge >= 0.3 is 5.97 Å². The highest BCUT2D eigenvalue weighted by Crippen LogP contribution is 2.31. The number of esters is 1. The van der Waals surface area contributed by atoms with E-state index in [4.69, 9.17) is 9.15 Å².